The van der Waals surface area contributed by atoms with Gasteiger partial charge in [-0.2, -0.15) is 0 Å². The van der Waals surface area contributed by atoms with Crippen LogP contribution in [0.15, 0.2) is 6.20 Å². The molecular formula is C11H15N3O2. The van der Waals surface area contributed by atoms with Crippen molar-refractivity contribution in [3.63, 3.8) is 0 Å². The predicted molar refractivity (Wildman–Crippen MR) is 58.2 cm³/mol. The topological polar surface area (TPSA) is 66.3 Å². The first-order valence-corrected chi connectivity index (χ1v) is 5.45. The maximum Gasteiger partial charge on any atom is 0.339 e. The number of carbonyl (C=O) groups is 1. The fourth-order valence-electron chi connectivity index (χ4n) is 1.94. The van der Waals surface area contributed by atoms with Gasteiger partial charge >= 0.3 is 5.97 Å². The molecule has 0 bridgehead atoms. The lowest BCUT2D eigenvalue weighted by Crippen LogP contribution is -2.20. The second-order valence-corrected chi connectivity index (χ2v) is 4.07. The molecule has 1 N–H and O–H groups in total. The Morgan fingerprint density at radius 1 is 1.50 bits per heavy atom. The monoisotopic (exact) mass is 221 g/mol. The third kappa shape index (κ3) is 2.36. The maximum atomic E-state index is 10.8. The Morgan fingerprint density at radius 3 is 2.75 bits per heavy atom. The van der Waals surface area contributed by atoms with Gasteiger partial charge in [0.2, 0.25) is 0 Å². The van der Waals surface area contributed by atoms with Crippen LogP contribution in [0.1, 0.15) is 34.7 Å². The van der Waals surface area contributed by atoms with Crippen molar-refractivity contribution in [3.8, 4) is 0 Å². The molecule has 1 aromatic rings. The summed E-state index contributed by atoms with van der Waals surface area (Å²) in [5.74, 6) is -0.255. The molecule has 86 valence electrons. The summed E-state index contributed by atoms with van der Waals surface area (Å²) in [4.78, 5) is 21.4. The Labute approximate surface area is 94.1 Å². The number of rotatable bonds is 3. The van der Waals surface area contributed by atoms with Crippen molar-refractivity contribution in [2.24, 2.45) is 0 Å². The summed E-state index contributed by atoms with van der Waals surface area (Å²) in [6, 6.07) is 0. The van der Waals surface area contributed by atoms with Gasteiger partial charge in [0.25, 0.3) is 0 Å². The van der Waals surface area contributed by atoms with E-state index in [0.717, 1.165) is 19.6 Å². The maximum absolute atomic E-state index is 10.8. The summed E-state index contributed by atoms with van der Waals surface area (Å²) < 4.78 is 0. The molecule has 0 aliphatic carbocycles. The lowest BCUT2D eigenvalue weighted by Gasteiger charge is -2.13. The van der Waals surface area contributed by atoms with Crippen molar-refractivity contribution in [2.45, 2.75) is 26.3 Å². The second kappa shape index (κ2) is 4.57. The van der Waals surface area contributed by atoms with E-state index < -0.39 is 5.97 Å². The number of nitrogens with zero attached hydrogens (tertiary/aromatic N) is 3. The highest BCUT2D eigenvalue weighted by atomic mass is 16.4. The second-order valence-electron chi connectivity index (χ2n) is 4.07. The molecule has 0 radical (unpaired) electrons. The average molecular weight is 221 g/mol. The van der Waals surface area contributed by atoms with E-state index in [4.69, 9.17) is 5.11 Å². The minimum Gasteiger partial charge on any atom is -0.478 e. The fourth-order valence-corrected chi connectivity index (χ4v) is 1.94. The first kappa shape index (κ1) is 11.0. The van der Waals surface area contributed by atoms with E-state index in [0.29, 0.717) is 11.5 Å². The van der Waals surface area contributed by atoms with Crippen LogP contribution < -0.4 is 0 Å². The highest BCUT2D eigenvalue weighted by molar-refractivity contribution is 5.88. The third-order valence-corrected chi connectivity index (χ3v) is 2.82. The number of aryl methyl sites for hydroxylation is 1. The van der Waals surface area contributed by atoms with Gasteiger partial charge in [-0.3, -0.25) is 4.90 Å². The van der Waals surface area contributed by atoms with Crippen LogP contribution in [0.5, 0.6) is 0 Å². The van der Waals surface area contributed by atoms with Crippen LogP contribution in [0.25, 0.3) is 0 Å². The van der Waals surface area contributed by atoms with E-state index in [1.165, 1.54) is 19.0 Å². The molecule has 16 heavy (non-hydrogen) atoms. The van der Waals surface area contributed by atoms with Crippen LogP contribution >= 0.6 is 0 Å². The molecule has 0 unspecified atom stereocenters. The third-order valence-electron chi connectivity index (χ3n) is 2.82. The molecule has 1 aromatic heterocycles. The van der Waals surface area contributed by atoms with E-state index in [2.05, 4.69) is 14.9 Å². The molecule has 5 heteroatoms. The zero-order valence-electron chi connectivity index (χ0n) is 9.31. The first-order valence-electron chi connectivity index (χ1n) is 5.45. The average Bonchev–Trinajstić information content (AvgIpc) is 2.70. The first-order chi connectivity index (χ1) is 7.66. The van der Waals surface area contributed by atoms with Gasteiger partial charge in [-0.15, -0.1) is 0 Å². The predicted octanol–water partition coefficient (Wildman–Crippen LogP) is 1.08. The van der Waals surface area contributed by atoms with Crippen LogP contribution in [0.3, 0.4) is 0 Å². The largest absolute Gasteiger partial charge is 0.478 e. The van der Waals surface area contributed by atoms with Crippen molar-refractivity contribution in [2.75, 3.05) is 13.1 Å². The van der Waals surface area contributed by atoms with Crippen molar-refractivity contribution in [1.29, 1.82) is 0 Å². The van der Waals surface area contributed by atoms with Gasteiger partial charge in [-0.05, 0) is 32.9 Å². The zero-order chi connectivity index (χ0) is 11.5. The number of hydrogen-bond donors (Lipinski definition) is 1. The van der Waals surface area contributed by atoms with Crippen LogP contribution in [-0.4, -0.2) is 39.0 Å². The molecule has 0 saturated carbocycles. The zero-order valence-corrected chi connectivity index (χ0v) is 9.31. The molecular weight excluding hydrogens is 206 g/mol. The standard InChI is InChI=1S/C11H15N3O2/c1-8-9(11(15)16)6-12-10(13-8)7-14-4-2-3-5-14/h6H,2-5,7H2,1H3,(H,15,16). The number of aromatic carboxylic acids is 1. The minimum atomic E-state index is -0.967. The molecule has 1 saturated heterocycles. The Balaban J connectivity index is 2.11. The fraction of sp³-hybridized carbons (Fsp3) is 0.545. The van der Waals surface area contributed by atoms with Gasteiger partial charge in [-0.1, -0.05) is 0 Å². The molecule has 0 aromatic carbocycles. The molecule has 1 aliphatic heterocycles. The quantitative estimate of drug-likeness (QED) is 0.827. The van der Waals surface area contributed by atoms with Crippen molar-refractivity contribution in [1.82, 2.24) is 14.9 Å². The summed E-state index contributed by atoms with van der Waals surface area (Å²) >= 11 is 0. The van der Waals surface area contributed by atoms with Crippen LogP contribution in [0, 0.1) is 6.92 Å². The normalized spacial score (nSPS) is 16.6. The Bertz CT molecular complexity index is 400. The minimum absolute atomic E-state index is 0.185. The summed E-state index contributed by atoms with van der Waals surface area (Å²) in [5.41, 5.74) is 0.724. The van der Waals surface area contributed by atoms with Gasteiger partial charge in [0, 0.05) is 6.20 Å². The smallest absolute Gasteiger partial charge is 0.339 e. The molecule has 5 nitrogen and oxygen atoms in total. The van der Waals surface area contributed by atoms with Crippen LogP contribution in [-0.2, 0) is 6.54 Å². The van der Waals surface area contributed by atoms with E-state index >= 15 is 0 Å². The van der Waals surface area contributed by atoms with Crippen molar-refractivity contribution < 1.29 is 9.90 Å². The molecule has 1 aliphatic rings. The van der Waals surface area contributed by atoms with Crippen LogP contribution in [0.4, 0.5) is 0 Å². The lowest BCUT2D eigenvalue weighted by molar-refractivity contribution is 0.0695. The summed E-state index contributed by atoms with van der Waals surface area (Å²) in [7, 11) is 0. The van der Waals surface area contributed by atoms with Gasteiger partial charge in [0.1, 0.15) is 5.82 Å². The number of carboxylic acids is 1. The SMILES string of the molecule is Cc1nc(CN2CCCC2)ncc1C(=O)O. The molecule has 1 fully saturated rings. The number of likely N-dealkylation sites (tertiary alicyclic amines) is 1. The van der Waals surface area contributed by atoms with Gasteiger partial charge < -0.3 is 5.11 Å². The molecule has 0 amide bonds. The summed E-state index contributed by atoms with van der Waals surface area (Å²) in [6.07, 6.45) is 3.86. The molecule has 0 atom stereocenters. The summed E-state index contributed by atoms with van der Waals surface area (Å²) in [6.45, 7) is 4.60. The van der Waals surface area contributed by atoms with E-state index in [1.807, 2.05) is 0 Å². The van der Waals surface area contributed by atoms with Gasteiger partial charge in [-0.25, -0.2) is 14.8 Å². The van der Waals surface area contributed by atoms with E-state index in [9.17, 15) is 4.79 Å². The van der Waals surface area contributed by atoms with Crippen molar-refractivity contribution in [3.05, 3.63) is 23.3 Å². The van der Waals surface area contributed by atoms with E-state index in [1.54, 1.807) is 6.92 Å². The highest BCUT2D eigenvalue weighted by Crippen LogP contribution is 2.11. The molecule has 2 heterocycles. The molecule has 0 spiro atoms. The Morgan fingerprint density at radius 2 is 2.19 bits per heavy atom. The van der Waals surface area contributed by atoms with Crippen LogP contribution in [0.2, 0.25) is 0 Å². The van der Waals surface area contributed by atoms with Gasteiger partial charge in [0.05, 0.1) is 17.8 Å². The number of hydrogen-bond acceptors (Lipinski definition) is 4. The number of aromatic nitrogens is 2. The highest BCUT2D eigenvalue weighted by Gasteiger charge is 2.15. The van der Waals surface area contributed by atoms with Crippen molar-refractivity contribution >= 4 is 5.97 Å². The Hall–Kier alpha value is -1.49. The Kier molecular flexibility index (Phi) is 3.14. The lowest BCUT2D eigenvalue weighted by atomic mass is 10.2. The van der Waals surface area contributed by atoms with E-state index in [-0.39, 0.29) is 5.56 Å². The number of carboxylic acid groups (broad SMARTS) is 1. The van der Waals surface area contributed by atoms with Gasteiger partial charge in [0.15, 0.2) is 0 Å². The summed E-state index contributed by atoms with van der Waals surface area (Å²) in [5, 5.41) is 8.85. The molecule has 2 rings (SSSR count).